The Kier molecular flexibility index (Phi) is 5.26. The monoisotopic (exact) mass is 441 g/mol. The minimum atomic E-state index is -4.55. The van der Waals surface area contributed by atoms with Gasteiger partial charge in [0.05, 0.1) is 16.9 Å². The normalized spacial score (nSPS) is 11.4. The third kappa shape index (κ3) is 4.10. The summed E-state index contributed by atoms with van der Waals surface area (Å²) in [6, 6.07) is 8.66. The zero-order valence-electron chi connectivity index (χ0n) is 16.4. The van der Waals surface area contributed by atoms with Gasteiger partial charge in [0, 0.05) is 18.0 Å². The quantitative estimate of drug-likeness (QED) is 0.522. The highest BCUT2D eigenvalue weighted by Gasteiger charge is 2.30. The van der Waals surface area contributed by atoms with Gasteiger partial charge in [-0.25, -0.2) is 19.3 Å². The number of amides is 1. The fraction of sp³-hybridized carbons (Fsp3) is 0.100. The Morgan fingerprint density at radius 3 is 2.66 bits per heavy atom. The van der Waals surface area contributed by atoms with Crippen molar-refractivity contribution in [2.75, 3.05) is 5.32 Å². The van der Waals surface area contributed by atoms with Crippen LogP contribution in [0.1, 0.15) is 21.7 Å². The molecule has 1 aromatic carbocycles. The summed E-state index contributed by atoms with van der Waals surface area (Å²) in [5, 5.41) is 10.5. The number of rotatable bonds is 4. The summed E-state index contributed by atoms with van der Waals surface area (Å²) in [7, 11) is 0. The third-order valence-electron chi connectivity index (χ3n) is 4.41. The molecule has 12 heteroatoms. The van der Waals surface area contributed by atoms with Crippen molar-refractivity contribution in [1.82, 2.24) is 29.5 Å². The second-order valence-corrected chi connectivity index (χ2v) is 6.63. The van der Waals surface area contributed by atoms with Gasteiger partial charge < -0.3 is 5.32 Å². The average molecular weight is 441 g/mol. The van der Waals surface area contributed by atoms with Crippen molar-refractivity contribution < 1.29 is 18.0 Å². The summed E-state index contributed by atoms with van der Waals surface area (Å²) in [5.74, 6) is -0.603. The number of alkyl halides is 3. The summed E-state index contributed by atoms with van der Waals surface area (Å²) in [6.07, 6.45) is -0.406. The molecule has 1 amide bonds. The first-order chi connectivity index (χ1) is 15.2. The first kappa shape index (κ1) is 20.9. The van der Waals surface area contributed by atoms with Crippen molar-refractivity contribution in [3.05, 3.63) is 88.5 Å². The molecule has 9 nitrogen and oxygen atoms in total. The minimum Gasteiger partial charge on any atom is -0.317 e. The fourth-order valence-corrected chi connectivity index (χ4v) is 2.96. The lowest BCUT2D eigenvalue weighted by Crippen LogP contribution is -2.27. The van der Waals surface area contributed by atoms with Gasteiger partial charge in [-0.1, -0.05) is 6.07 Å². The lowest BCUT2D eigenvalue weighted by Gasteiger charge is -2.14. The number of anilines is 1. The smallest absolute Gasteiger partial charge is 0.317 e. The van der Waals surface area contributed by atoms with Crippen LogP contribution in [0.5, 0.6) is 0 Å². The molecule has 0 unspecified atom stereocenters. The molecule has 32 heavy (non-hydrogen) atoms. The van der Waals surface area contributed by atoms with E-state index >= 15 is 0 Å². The van der Waals surface area contributed by atoms with Crippen LogP contribution in [-0.2, 0) is 6.18 Å². The summed E-state index contributed by atoms with van der Waals surface area (Å²) in [6.45, 7) is 1.50. The highest BCUT2D eigenvalue weighted by Crippen LogP contribution is 2.30. The van der Waals surface area contributed by atoms with Gasteiger partial charge in [-0.2, -0.15) is 23.4 Å². The summed E-state index contributed by atoms with van der Waals surface area (Å²) in [5.41, 5.74) is -1.52. The Morgan fingerprint density at radius 2 is 1.94 bits per heavy atom. The zero-order valence-corrected chi connectivity index (χ0v) is 16.4. The molecular weight excluding hydrogens is 427 g/mol. The van der Waals surface area contributed by atoms with E-state index in [9.17, 15) is 22.8 Å². The molecule has 1 N–H and O–H groups in total. The van der Waals surface area contributed by atoms with E-state index < -0.39 is 28.8 Å². The van der Waals surface area contributed by atoms with Gasteiger partial charge in [0.2, 0.25) is 5.43 Å². The van der Waals surface area contributed by atoms with Crippen LogP contribution in [0.25, 0.3) is 11.5 Å². The van der Waals surface area contributed by atoms with E-state index in [2.05, 4.69) is 25.5 Å². The molecule has 0 aliphatic heterocycles. The molecule has 0 saturated carbocycles. The number of carbonyl (C=O) groups excluding carboxylic acids is 1. The van der Waals surface area contributed by atoms with Crippen molar-refractivity contribution in [1.29, 1.82) is 0 Å². The van der Waals surface area contributed by atoms with Crippen molar-refractivity contribution in [2.45, 2.75) is 13.1 Å². The lowest BCUT2D eigenvalue weighted by atomic mass is 10.2. The Morgan fingerprint density at radius 1 is 1.12 bits per heavy atom. The van der Waals surface area contributed by atoms with E-state index in [0.717, 1.165) is 22.9 Å². The van der Waals surface area contributed by atoms with Crippen LogP contribution in [-0.4, -0.2) is 35.4 Å². The lowest BCUT2D eigenvalue weighted by molar-refractivity contribution is -0.137. The molecule has 4 aromatic rings. The topological polar surface area (TPSA) is 108 Å². The van der Waals surface area contributed by atoms with Crippen LogP contribution >= 0.6 is 0 Å². The number of hydrogen-bond acceptors (Lipinski definition) is 6. The van der Waals surface area contributed by atoms with Crippen molar-refractivity contribution in [2.24, 2.45) is 0 Å². The molecule has 0 saturated heterocycles. The van der Waals surface area contributed by atoms with E-state index in [1.165, 1.54) is 42.6 Å². The molecule has 0 atom stereocenters. The summed E-state index contributed by atoms with van der Waals surface area (Å²) in [4.78, 5) is 33.2. The largest absolute Gasteiger partial charge is 0.416 e. The molecule has 162 valence electrons. The second kappa shape index (κ2) is 8.06. The molecule has 0 bridgehead atoms. The number of nitrogens with zero attached hydrogens (tertiary/aromatic N) is 6. The van der Waals surface area contributed by atoms with Crippen molar-refractivity contribution in [3.8, 4) is 11.5 Å². The SMILES string of the molecule is Cc1cc(=O)c(C(=O)Nc2cccnc2-n2cncn2)nn1-c1cccc(C(F)(F)F)c1. The van der Waals surface area contributed by atoms with Crippen LogP contribution in [0, 0.1) is 6.92 Å². The summed E-state index contributed by atoms with van der Waals surface area (Å²) < 4.78 is 41.7. The highest BCUT2D eigenvalue weighted by molar-refractivity contribution is 6.03. The first-order valence-electron chi connectivity index (χ1n) is 9.14. The second-order valence-electron chi connectivity index (χ2n) is 6.63. The van der Waals surface area contributed by atoms with Crippen LogP contribution in [0.4, 0.5) is 18.9 Å². The minimum absolute atomic E-state index is 0.0519. The number of nitrogens with one attached hydrogen (secondary N) is 1. The molecule has 0 radical (unpaired) electrons. The van der Waals surface area contributed by atoms with Gasteiger partial charge in [0.25, 0.3) is 5.91 Å². The van der Waals surface area contributed by atoms with E-state index in [4.69, 9.17) is 0 Å². The Balaban J connectivity index is 1.72. The number of pyridine rings is 1. The maximum atomic E-state index is 13.1. The molecule has 0 fully saturated rings. The maximum absolute atomic E-state index is 13.1. The standard InChI is InChI=1S/C20H14F3N7O2/c1-12-8-16(31)17(28-30(12)14-5-2-4-13(9-14)20(21,22)23)19(32)27-15-6-3-7-25-18(15)29-11-24-10-26-29/h2-11H,1H3,(H,27,32). The number of aromatic nitrogens is 6. The van der Waals surface area contributed by atoms with Gasteiger partial charge in [0.15, 0.2) is 11.5 Å². The molecule has 0 aliphatic rings. The molecule has 3 heterocycles. The number of hydrogen-bond donors (Lipinski definition) is 1. The first-order valence-corrected chi connectivity index (χ1v) is 9.14. The van der Waals surface area contributed by atoms with E-state index in [1.54, 1.807) is 12.1 Å². The van der Waals surface area contributed by atoms with Crippen LogP contribution < -0.4 is 10.7 Å². The number of benzene rings is 1. The van der Waals surface area contributed by atoms with Crippen LogP contribution in [0.2, 0.25) is 0 Å². The van der Waals surface area contributed by atoms with Gasteiger partial charge in [-0.15, -0.1) is 0 Å². The highest BCUT2D eigenvalue weighted by atomic mass is 19.4. The molecule has 0 aliphatic carbocycles. The Hall–Kier alpha value is -4.35. The molecule has 0 spiro atoms. The van der Waals surface area contributed by atoms with Gasteiger partial charge in [0.1, 0.15) is 12.7 Å². The number of carbonyl (C=O) groups is 1. The predicted molar refractivity (Wildman–Crippen MR) is 107 cm³/mol. The summed E-state index contributed by atoms with van der Waals surface area (Å²) >= 11 is 0. The van der Waals surface area contributed by atoms with E-state index in [-0.39, 0.29) is 22.9 Å². The average Bonchev–Trinajstić information content (AvgIpc) is 3.28. The van der Waals surface area contributed by atoms with Crippen LogP contribution in [0.3, 0.4) is 0 Å². The van der Waals surface area contributed by atoms with Gasteiger partial charge >= 0.3 is 6.18 Å². The zero-order chi connectivity index (χ0) is 22.9. The molecule has 3 aromatic heterocycles. The number of aryl methyl sites for hydroxylation is 1. The van der Waals surface area contributed by atoms with Crippen LogP contribution in [0.15, 0.2) is 66.1 Å². The Bertz CT molecular complexity index is 1350. The molecule has 4 rings (SSSR count). The van der Waals surface area contributed by atoms with Crippen molar-refractivity contribution >= 4 is 11.6 Å². The van der Waals surface area contributed by atoms with Crippen molar-refractivity contribution in [3.63, 3.8) is 0 Å². The van der Waals surface area contributed by atoms with Gasteiger partial charge in [-0.05, 0) is 37.3 Å². The maximum Gasteiger partial charge on any atom is 0.416 e. The predicted octanol–water partition coefficient (Wildman–Crippen LogP) is 2.79. The fourth-order valence-electron chi connectivity index (χ4n) is 2.96. The van der Waals surface area contributed by atoms with E-state index in [1.807, 2.05) is 0 Å². The Labute approximate surface area is 178 Å². The number of halogens is 3. The van der Waals surface area contributed by atoms with E-state index in [0.29, 0.717) is 0 Å². The molecular formula is C20H14F3N7O2. The third-order valence-corrected chi connectivity index (χ3v) is 4.41. The van der Waals surface area contributed by atoms with Gasteiger partial charge in [-0.3, -0.25) is 9.59 Å².